The van der Waals surface area contributed by atoms with Crippen molar-refractivity contribution >= 4 is 23.3 Å². The van der Waals surface area contributed by atoms with Crippen molar-refractivity contribution in [2.75, 3.05) is 62.7 Å². The molecule has 0 aliphatic carbocycles. The van der Waals surface area contributed by atoms with Gasteiger partial charge in [-0.1, -0.05) is 24.3 Å². The van der Waals surface area contributed by atoms with Crippen molar-refractivity contribution in [3.05, 3.63) is 54.1 Å². The van der Waals surface area contributed by atoms with Gasteiger partial charge in [0.1, 0.15) is 12.3 Å². The van der Waals surface area contributed by atoms with Crippen LogP contribution >= 0.6 is 0 Å². The Bertz CT molecular complexity index is 924. The number of anilines is 2. The SMILES string of the molecule is COc1ccccc1N1CCN(CC(=O)N2CCN(c3cccc(C)c3)CC2)C1=O. The number of nitrogens with zero attached hydrogens (tertiary/aromatic N) is 4. The number of piperazine rings is 1. The molecule has 4 rings (SSSR count). The van der Waals surface area contributed by atoms with Gasteiger partial charge in [0.05, 0.1) is 12.8 Å². The number of para-hydroxylation sites is 2. The minimum atomic E-state index is -0.147. The summed E-state index contributed by atoms with van der Waals surface area (Å²) in [6.07, 6.45) is 0. The van der Waals surface area contributed by atoms with Gasteiger partial charge in [0, 0.05) is 45.0 Å². The third-order valence-corrected chi connectivity index (χ3v) is 5.80. The predicted molar refractivity (Wildman–Crippen MR) is 117 cm³/mol. The molecule has 2 heterocycles. The van der Waals surface area contributed by atoms with Gasteiger partial charge >= 0.3 is 6.03 Å². The van der Waals surface area contributed by atoms with Crippen molar-refractivity contribution in [1.82, 2.24) is 9.80 Å². The number of aryl methyl sites for hydroxylation is 1. The summed E-state index contributed by atoms with van der Waals surface area (Å²) in [5, 5.41) is 0. The predicted octanol–water partition coefficient (Wildman–Crippen LogP) is 2.59. The van der Waals surface area contributed by atoms with Gasteiger partial charge in [0.2, 0.25) is 5.91 Å². The first-order valence-electron chi connectivity index (χ1n) is 10.4. The molecular weight excluding hydrogens is 380 g/mol. The molecule has 7 nitrogen and oxygen atoms in total. The zero-order valence-corrected chi connectivity index (χ0v) is 17.6. The zero-order valence-electron chi connectivity index (χ0n) is 17.6. The number of hydrogen-bond acceptors (Lipinski definition) is 4. The lowest BCUT2D eigenvalue weighted by Crippen LogP contribution is -2.51. The minimum Gasteiger partial charge on any atom is -0.495 e. The lowest BCUT2D eigenvalue weighted by molar-refractivity contribution is -0.131. The first kappa shape index (κ1) is 20.1. The lowest BCUT2D eigenvalue weighted by atomic mass is 10.2. The van der Waals surface area contributed by atoms with Crippen LogP contribution in [-0.2, 0) is 4.79 Å². The van der Waals surface area contributed by atoms with E-state index in [1.807, 2.05) is 29.2 Å². The standard InChI is InChI=1S/C23H28N4O3/c1-18-6-5-7-19(16-18)24-10-12-25(13-11-24)22(28)17-26-14-15-27(23(26)29)20-8-3-4-9-21(20)30-2/h3-9,16H,10-15,17H2,1-2H3. The minimum absolute atomic E-state index is 0.00844. The van der Waals surface area contributed by atoms with E-state index in [2.05, 4.69) is 36.1 Å². The first-order valence-corrected chi connectivity index (χ1v) is 10.4. The molecule has 30 heavy (non-hydrogen) atoms. The third kappa shape index (κ3) is 4.06. The molecule has 158 valence electrons. The zero-order chi connectivity index (χ0) is 21.1. The van der Waals surface area contributed by atoms with Crippen LogP contribution in [0, 0.1) is 6.92 Å². The van der Waals surface area contributed by atoms with Gasteiger partial charge in [-0.25, -0.2) is 4.79 Å². The maximum absolute atomic E-state index is 12.9. The molecule has 2 aliphatic heterocycles. The topological polar surface area (TPSA) is 56.3 Å². The fourth-order valence-electron chi connectivity index (χ4n) is 4.11. The van der Waals surface area contributed by atoms with Crippen LogP contribution in [0.4, 0.5) is 16.2 Å². The molecule has 0 unspecified atom stereocenters. The van der Waals surface area contributed by atoms with Gasteiger partial charge in [-0.15, -0.1) is 0 Å². The first-order chi connectivity index (χ1) is 14.6. The van der Waals surface area contributed by atoms with Gasteiger partial charge in [-0.05, 0) is 36.8 Å². The molecule has 0 bridgehead atoms. The van der Waals surface area contributed by atoms with Crippen molar-refractivity contribution in [2.24, 2.45) is 0 Å². The molecule has 2 aromatic rings. The number of benzene rings is 2. The number of amides is 3. The molecule has 0 aromatic heterocycles. The Morgan fingerprint density at radius 3 is 2.47 bits per heavy atom. The average molecular weight is 409 g/mol. The fraction of sp³-hybridized carbons (Fsp3) is 0.391. The van der Waals surface area contributed by atoms with E-state index < -0.39 is 0 Å². The Kier molecular flexibility index (Phi) is 5.79. The normalized spacial score (nSPS) is 16.9. The fourth-order valence-corrected chi connectivity index (χ4v) is 4.11. The molecule has 3 amide bonds. The molecule has 2 aliphatic rings. The molecule has 2 aromatic carbocycles. The number of carbonyl (C=O) groups excluding carboxylic acids is 2. The van der Waals surface area contributed by atoms with E-state index in [-0.39, 0.29) is 18.5 Å². The largest absolute Gasteiger partial charge is 0.495 e. The van der Waals surface area contributed by atoms with Crippen LogP contribution in [0.15, 0.2) is 48.5 Å². The monoisotopic (exact) mass is 408 g/mol. The van der Waals surface area contributed by atoms with E-state index in [1.54, 1.807) is 16.9 Å². The van der Waals surface area contributed by atoms with Gasteiger partial charge in [0.15, 0.2) is 0 Å². The van der Waals surface area contributed by atoms with Gasteiger partial charge < -0.3 is 19.4 Å². The number of urea groups is 1. The van der Waals surface area contributed by atoms with Gasteiger partial charge in [-0.3, -0.25) is 9.69 Å². The van der Waals surface area contributed by atoms with E-state index in [9.17, 15) is 9.59 Å². The van der Waals surface area contributed by atoms with E-state index in [4.69, 9.17) is 4.74 Å². The highest BCUT2D eigenvalue weighted by Gasteiger charge is 2.33. The summed E-state index contributed by atoms with van der Waals surface area (Å²) in [6, 6.07) is 15.8. The van der Waals surface area contributed by atoms with E-state index in [1.165, 1.54) is 11.3 Å². The van der Waals surface area contributed by atoms with E-state index in [0.29, 0.717) is 31.9 Å². The summed E-state index contributed by atoms with van der Waals surface area (Å²) >= 11 is 0. The maximum Gasteiger partial charge on any atom is 0.325 e. The van der Waals surface area contributed by atoms with E-state index in [0.717, 1.165) is 18.8 Å². The van der Waals surface area contributed by atoms with Crippen LogP contribution in [0.1, 0.15) is 5.56 Å². The molecule has 0 saturated carbocycles. The van der Waals surface area contributed by atoms with Gasteiger partial charge in [0.25, 0.3) is 0 Å². The highest BCUT2D eigenvalue weighted by atomic mass is 16.5. The second-order valence-corrected chi connectivity index (χ2v) is 7.73. The Hall–Kier alpha value is -3.22. The van der Waals surface area contributed by atoms with Crippen LogP contribution in [-0.4, -0.2) is 74.7 Å². The second-order valence-electron chi connectivity index (χ2n) is 7.73. The molecule has 0 N–H and O–H groups in total. The summed E-state index contributed by atoms with van der Waals surface area (Å²) in [5.41, 5.74) is 3.18. The quantitative estimate of drug-likeness (QED) is 0.763. The third-order valence-electron chi connectivity index (χ3n) is 5.80. The average Bonchev–Trinajstić information content (AvgIpc) is 3.13. The summed E-state index contributed by atoms with van der Waals surface area (Å²) in [4.78, 5) is 33.2. The van der Waals surface area contributed by atoms with E-state index >= 15 is 0 Å². The Morgan fingerprint density at radius 2 is 1.73 bits per heavy atom. The second kappa shape index (κ2) is 8.65. The van der Waals surface area contributed by atoms with Crippen molar-refractivity contribution < 1.29 is 14.3 Å². The number of ether oxygens (including phenoxy) is 1. The Labute approximate surface area is 177 Å². The van der Waals surface area contributed by atoms with Crippen LogP contribution in [0.5, 0.6) is 5.75 Å². The van der Waals surface area contributed by atoms with Crippen molar-refractivity contribution in [1.29, 1.82) is 0 Å². The summed E-state index contributed by atoms with van der Waals surface area (Å²) in [5.74, 6) is 0.667. The van der Waals surface area contributed by atoms with Crippen molar-refractivity contribution in [3.8, 4) is 5.75 Å². The molecule has 2 fully saturated rings. The number of methoxy groups -OCH3 is 1. The van der Waals surface area contributed by atoms with Crippen LogP contribution in [0.3, 0.4) is 0 Å². The number of hydrogen-bond donors (Lipinski definition) is 0. The molecule has 0 atom stereocenters. The molecule has 7 heteroatoms. The van der Waals surface area contributed by atoms with Crippen molar-refractivity contribution in [2.45, 2.75) is 6.92 Å². The molecule has 0 spiro atoms. The molecule has 2 saturated heterocycles. The van der Waals surface area contributed by atoms with Crippen molar-refractivity contribution in [3.63, 3.8) is 0 Å². The number of carbonyl (C=O) groups is 2. The number of rotatable bonds is 5. The highest BCUT2D eigenvalue weighted by molar-refractivity contribution is 5.97. The smallest absolute Gasteiger partial charge is 0.325 e. The molecule has 0 radical (unpaired) electrons. The summed E-state index contributed by atoms with van der Waals surface area (Å²) in [6.45, 7) is 6.24. The lowest BCUT2D eigenvalue weighted by Gasteiger charge is -2.36. The van der Waals surface area contributed by atoms with Crippen LogP contribution < -0.4 is 14.5 Å². The summed E-state index contributed by atoms with van der Waals surface area (Å²) in [7, 11) is 1.59. The molecular formula is C23H28N4O3. The van der Waals surface area contributed by atoms with Crippen LogP contribution in [0.2, 0.25) is 0 Å². The Balaban J connectivity index is 1.33. The highest BCUT2D eigenvalue weighted by Crippen LogP contribution is 2.30. The van der Waals surface area contributed by atoms with Crippen LogP contribution in [0.25, 0.3) is 0 Å². The Morgan fingerprint density at radius 1 is 0.967 bits per heavy atom. The van der Waals surface area contributed by atoms with Gasteiger partial charge in [-0.2, -0.15) is 0 Å². The maximum atomic E-state index is 12.9. The summed E-state index contributed by atoms with van der Waals surface area (Å²) < 4.78 is 5.38.